The number of hydrogen-bond acceptors (Lipinski definition) is 4. The number of nitrogens with one attached hydrogen (secondary N) is 2. The molecular formula is C15H17N3O2S. The van der Waals surface area contributed by atoms with Crippen molar-refractivity contribution in [3.05, 3.63) is 51.2 Å². The van der Waals surface area contributed by atoms with Gasteiger partial charge in [0.25, 0.3) is 5.91 Å². The molecule has 1 aromatic carbocycles. The number of thiophene rings is 1. The van der Waals surface area contributed by atoms with Gasteiger partial charge in [0.05, 0.1) is 5.56 Å². The molecule has 4 N–H and O–H groups in total. The van der Waals surface area contributed by atoms with Crippen LogP contribution >= 0.6 is 11.3 Å². The largest absolute Gasteiger partial charge is 0.380 e. The fourth-order valence-corrected chi connectivity index (χ4v) is 2.81. The highest BCUT2D eigenvalue weighted by atomic mass is 32.1. The standard InChI is InChI=1S/C15H17N3O2S/c1-9-12(15(20)17-2)4-3-5-13(9)18-7-11-6-10(8-21-11)14(16)19/h3-6,8,18H,7H2,1-2H3,(H2,16,19)(H,17,20). The van der Waals surface area contributed by atoms with Crippen LogP contribution in [0.15, 0.2) is 29.6 Å². The molecule has 6 heteroatoms. The van der Waals surface area contributed by atoms with Crippen LogP contribution in [0.25, 0.3) is 0 Å². The van der Waals surface area contributed by atoms with E-state index in [0.29, 0.717) is 17.7 Å². The van der Waals surface area contributed by atoms with Gasteiger partial charge in [0.15, 0.2) is 0 Å². The second kappa shape index (κ2) is 6.41. The van der Waals surface area contributed by atoms with E-state index in [2.05, 4.69) is 10.6 Å². The molecule has 0 saturated heterocycles. The number of amides is 2. The topological polar surface area (TPSA) is 84.2 Å². The van der Waals surface area contributed by atoms with Crippen LogP contribution in [0.4, 0.5) is 5.69 Å². The van der Waals surface area contributed by atoms with Gasteiger partial charge in [-0.05, 0) is 30.7 Å². The Morgan fingerprint density at radius 3 is 2.71 bits per heavy atom. The molecule has 21 heavy (non-hydrogen) atoms. The van der Waals surface area contributed by atoms with E-state index < -0.39 is 5.91 Å². The molecule has 0 aliphatic carbocycles. The summed E-state index contributed by atoms with van der Waals surface area (Å²) in [4.78, 5) is 23.8. The lowest BCUT2D eigenvalue weighted by Crippen LogP contribution is -2.19. The van der Waals surface area contributed by atoms with E-state index in [-0.39, 0.29) is 5.91 Å². The summed E-state index contributed by atoms with van der Waals surface area (Å²) in [7, 11) is 1.61. The molecule has 0 saturated carbocycles. The lowest BCUT2D eigenvalue weighted by molar-refractivity contribution is 0.0961. The first-order valence-electron chi connectivity index (χ1n) is 6.45. The van der Waals surface area contributed by atoms with Crippen LogP contribution in [0, 0.1) is 6.92 Å². The van der Waals surface area contributed by atoms with Crippen LogP contribution in [0.5, 0.6) is 0 Å². The number of rotatable bonds is 5. The van der Waals surface area contributed by atoms with Crippen LogP contribution in [0.3, 0.4) is 0 Å². The molecule has 0 bridgehead atoms. The van der Waals surface area contributed by atoms with Gasteiger partial charge in [-0.15, -0.1) is 11.3 Å². The molecule has 0 fully saturated rings. The zero-order valence-corrected chi connectivity index (χ0v) is 12.7. The Morgan fingerprint density at radius 1 is 1.33 bits per heavy atom. The third-order valence-electron chi connectivity index (χ3n) is 3.20. The Bertz CT molecular complexity index is 679. The van der Waals surface area contributed by atoms with Crippen molar-refractivity contribution in [1.82, 2.24) is 5.32 Å². The minimum atomic E-state index is -0.421. The monoisotopic (exact) mass is 303 g/mol. The molecule has 2 aromatic rings. The average molecular weight is 303 g/mol. The first-order valence-corrected chi connectivity index (χ1v) is 7.33. The summed E-state index contributed by atoms with van der Waals surface area (Å²) in [5.41, 5.74) is 8.18. The van der Waals surface area contributed by atoms with E-state index in [1.54, 1.807) is 24.6 Å². The van der Waals surface area contributed by atoms with Crippen LogP contribution in [0.2, 0.25) is 0 Å². The highest BCUT2D eigenvalue weighted by Gasteiger charge is 2.10. The van der Waals surface area contributed by atoms with Crippen LogP contribution in [0.1, 0.15) is 31.2 Å². The number of benzene rings is 1. The number of anilines is 1. The Kier molecular flexibility index (Phi) is 4.59. The molecule has 0 radical (unpaired) electrons. The van der Waals surface area contributed by atoms with Gasteiger partial charge >= 0.3 is 0 Å². The SMILES string of the molecule is CNC(=O)c1cccc(NCc2cc(C(N)=O)cs2)c1C. The molecule has 5 nitrogen and oxygen atoms in total. The first-order chi connectivity index (χ1) is 10.0. The second-order valence-corrected chi connectivity index (χ2v) is 5.57. The molecule has 0 atom stereocenters. The van der Waals surface area contributed by atoms with Crippen LogP contribution in [-0.2, 0) is 6.54 Å². The molecule has 0 aliphatic heterocycles. The van der Waals surface area contributed by atoms with Gasteiger partial charge in [0.1, 0.15) is 0 Å². The van der Waals surface area contributed by atoms with E-state index in [1.165, 1.54) is 11.3 Å². The molecule has 0 aliphatic rings. The number of nitrogens with two attached hydrogens (primary N) is 1. The molecule has 2 amide bonds. The van der Waals surface area contributed by atoms with Crippen molar-refractivity contribution in [2.24, 2.45) is 5.73 Å². The van der Waals surface area contributed by atoms with E-state index in [1.807, 2.05) is 19.1 Å². The average Bonchev–Trinajstić information content (AvgIpc) is 2.94. The molecule has 0 spiro atoms. The first kappa shape index (κ1) is 15.1. The van der Waals surface area contributed by atoms with Gasteiger partial charge in [0, 0.05) is 35.1 Å². The zero-order chi connectivity index (χ0) is 15.4. The van der Waals surface area contributed by atoms with Crippen molar-refractivity contribution in [3.8, 4) is 0 Å². The van der Waals surface area contributed by atoms with Crippen LogP contribution < -0.4 is 16.4 Å². The summed E-state index contributed by atoms with van der Waals surface area (Å²) in [6.45, 7) is 2.48. The summed E-state index contributed by atoms with van der Waals surface area (Å²) in [5, 5.41) is 7.65. The maximum atomic E-state index is 11.8. The molecule has 110 valence electrons. The van der Waals surface area contributed by atoms with Crippen molar-refractivity contribution in [2.45, 2.75) is 13.5 Å². The molecule has 2 rings (SSSR count). The fourth-order valence-electron chi connectivity index (χ4n) is 1.99. The van der Waals surface area contributed by atoms with Crippen molar-refractivity contribution < 1.29 is 9.59 Å². The molecule has 0 unspecified atom stereocenters. The minimum absolute atomic E-state index is 0.108. The second-order valence-electron chi connectivity index (χ2n) is 4.58. The maximum Gasteiger partial charge on any atom is 0.251 e. The van der Waals surface area contributed by atoms with Gasteiger partial charge in [0.2, 0.25) is 5.91 Å². The van der Waals surface area contributed by atoms with Gasteiger partial charge in [-0.25, -0.2) is 0 Å². The summed E-state index contributed by atoms with van der Waals surface area (Å²) >= 11 is 1.48. The predicted molar refractivity (Wildman–Crippen MR) is 84.7 cm³/mol. The maximum absolute atomic E-state index is 11.8. The third-order valence-corrected chi connectivity index (χ3v) is 4.13. The van der Waals surface area contributed by atoms with E-state index >= 15 is 0 Å². The normalized spacial score (nSPS) is 10.2. The summed E-state index contributed by atoms with van der Waals surface area (Å²) in [6, 6.07) is 7.32. The van der Waals surface area contributed by atoms with Crippen LogP contribution in [-0.4, -0.2) is 18.9 Å². The quantitative estimate of drug-likeness (QED) is 0.791. The third kappa shape index (κ3) is 3.41. The summed E-state index contributed by atoms with van der Waals surface area (Å²) in [5.74, 6) is -0.529. The van der Waals surface area contributed by atoms with E-state index in [9.17, 15) is 9.59 Å². The number of primary amides is 1. The van der Waals surface area contributed by atoms with E-state index in [4.69, 9.17) is 5.73 Å². The smallest absolute Gasteiger partial charge is 0.251 e. The summed E-state index contributed by atoms with van der Waals surface area (Å²) in [6.07, 6.45) is 0. The lowest BCUT2D eigenvalue weighted by atomic mass is 10.1. The molecule has 1 aromatic heterocycles. The van der Waals surface area contributed by atoms with Gasteiger partial charge < -0.3 is 16.4 Å². The van der Waals surface area contributed by atoms with Gasteiger partial charge in [-0.3, -0.25) is 9.59 Å². The Morgan fingerprint density at radius 2 is 2.10 bits per heavy atom. The number of hydrogen-bond donors (Lipinski definition) is 3. The van der Waals surface area contributed by atoms with Gasteiger partial charge in [-0.2, -0.15) is 0 Å². The minimum Gasteiger partial charge on any atom is -0.380 e. The molecular weight excluding hydrogens is 286 g/mol. The Labute approximate surface area is 127 Å². The summed E-state index contributed by atoms with van der Waals surface area (Å²) < 4.78 is 0. The number of carbonyl (C=O) groups is 2. The fraction of sp³-hybridized carbons (Fsp3) is 0.200. The van der Waals surface area contributed by atoms with Crippen molar-refractivity contribution in [2.75, 3.05) is 12.4 Å². The lowest BCUT2D eigenvalue weighted by Gasteiger charge is -2.12. The van der Waals surface area contributed by atoms with Crippen molar-refractivity contribution in [3.63, 3.8) is 0 Å². The van der Waals surface area contributed by atoms with E-state index in [0.717, 1.165) is 16.1 Å². The predicted octanol–water partition coefficient (Wildman–Crippen LogP) is 2.13. The number of carbonyl (C=O) groups excluding carboxylic acids is 2. The highest BCUT2D eigenvalue weighted by Crippen LogP contribution is 2.21. The van der Waals surface area contributed by atoms with Crippen molar-refractivity contribution >= 4 is 28.8 Å². The zero-order valence-electron chi connectivity index (χ0n) is 11.9. The van der Waals surface area contributed by atoms with Gasteiger partial charge in [-0.1, -0.05) is 6.07 Å². The molecule has 1 heterocycles. The van der Waals surface area contributed by atoms with Crippen molar-refractivity contribution in [1.29, 1.82) is 0 Å². The Balaban J connectivity index is 2.12. The highest BCUT2D eigenvalue weighted by molar-refractivity contribution is 7.10. The Hall–Kier alpha value is -2.34.